The molecule has 1 aromatic carbocycles. The van der Waals surface area contributed by atoms with Crippen LogP contribution in [-0.2, 0) is 16.1 Å². The third-order valence-corrected chi connectivity index (χ3v) is 5.29. The van der Waals surface area contributed by atoms with Crippen LogP contribution >= 0.6 is 0 Å². The Hall–Kier alpha value is -2.90. The van der Waals surface area contributed by atoms with E-state index in [-0.39, 0.29) is 18.1 Å². The van der Waals surface area contributed by atoms with E-state index >= 15 is 0 Å². The second-order valence-corrected chi connectivity index (χ2v) is 8.64. The second kappa shape index (κ2) is 8.23. The number of nitrogens with two attached hydrogens (primary N) is 1. The molecular formula is C21H29N5O3. The van der Waals surface area contributed by atoms with Gasteiger partial charge in [0.2, 0.25) is 11.8 Å². The van der Waals surface area contributed by atoms with Crippen LogP contribution in [0.3, 0.4) is 0 Å². The van der Waals surface area contributed by atoms with E-state index in [9.17, 15) is 14.4 Å². The Kier molecular flexibility index (Phi) is 5.91. The number of carbonyl (C=O) groups excluding carboxylic acids is 3. The number of nitrogens with zero attached hydrogens (tertiary/aromatic N) is 3. The number of aromatic nitrogens is 2. The maximum absolute atomic E-state index is 12.9. The number of likely N-dealkylation sites (tertiary alicyclic amines) is 1. The second-order valence-electron chi connectivity index (χ2n) is 8.64. The summed E-state index contributed by atoms with van der Waals surface area (Å²) in [6.45, 7) is 7.09. The largest absolute Gasteiger partial charge is 0.368 e. The van der Waals surface area contributed by atoms with Crippen LogP contribution in [0.25, 0.3) is 10.9 Å². The van der Waals surface area contributed by atoms with Crippen molar-refractivity contribution in [1.82, 2.24) is 20.0 Å². The monoisotopic (exact) mass is 399 g/mol. The van der Waals surface area contributed by atoms with Crippen LogP contribution in [0.1, 0.15) is 50.5 Å². The fraction of sp³-hybridized carbons (Fsp3) is 0.524. The lowest BCUT2D eigenvalue weighted by Gasteiger charge is -2.28. The minimum Gasteiger partial charge on any atom is -0.368 e. The molecule has 1 aliphatic rings. The molecule has 3 rings (SSSR count). The predicted molar refractivity (Wildman–Crippen MR) is 110 cm³/mol. The number of fused-ring (bicyclic) bond motifs is 1. The van der Waals surface area contributed by atoms with Crippen molar-refractivity contribution in [1.29, 1.82) is 0 Å². The first-order valence-electron chi connectivity index (χ1n) is 10.0. The van der Waals surface area contributed by atoms with Crippen molar-refractivity contribution in [2.24, 2.45) is 11.1 Å². The molecule has 8 nitrogen and oxygen atoms in total. The highest BCUT2D eigenvalue weighted by Gasteiger charge is 2.32. The van der Waals surface area contributed by atoms with Crippen molar-refractivity contribution in [2.45, 2.75) is 52.6 Å². The molecule has 0 radical (unpaired) electrons. The number of rotatable bonds is 5. The van der Waals surface area contributed by atoms with Crippen LogP contribution in [0, 0.1) is 5.41 Å². The Balaban J connectivity index is 1.88. The molecular weight excluding hydrogens is 370 g/mol. The van der Waals surface area contributed by atoms with Gasteiger partial charge >= 0.3 is 0 Å². The molecule has 156 valence electrons. The lowest BCUT2D eigenvalue weighted by Crippen LogP contribution is -2.52. The minimum absolute atomic E-state index is 0.00499. The van der Waals surface area contributed by atoms with E-state index in [0.717, 1.165) is 32.4 Å². The number of amides is 3. The van der Waals surface area contributed by atoms with Crippen LogP contribution < -0.4 is 11.1 Å². The molecule has 1 aliphatic heterocycles. The summed E-state index contributed by atoms with van der Waals surface area (Å²) in [6.07, 6.45) is 3.18. The summed E-state index contributed by atoms with van der Waals surface area (Å²) in [5.74, 6) is -1.09. The van der Waals surface area contributed by atoms with Crippen molar-refractivity contribution in [3.05, 3.63) is 30.0 Å². The molecule has 0 saturated carbocycles. The van der Waals surface area contributed by atoms with Crippen molar-refractivity contribution in [3.8, 4) is 0 Å². The molecule has 8 heteroatoms. The molecule has 1 saturated heterocycles. The molecule has 0 bridgehead atoms. The average molecular weight is 399 g/mol. The van der Waals surface area contributed by atoms with E-state index in [0.29, 0.717) is 10.9 Å². The minimum atomic E-state index is -0.839. The molecule has 29 heavy (non-hydrogen) atoms. The van der Waals surface area contributed by atoms with Crippen molar-refractivity contribution >= 4 is 28.6 Å². The van der Waals surface area contributed by atoms with Gasteiger partial charge in [0.25, 0.3) is 5.91 Å². The summed E-state index contributed by atoms with van der Waals surface area (Å²) < 4.78 is 1.57. The third-order valence-electron chi connectivity index (χ3n) is 5.29. The first-order valence-corrected chi connectivity index (χ1v) is 10.0. The van der Waals surface area contributed by atoms with Crippen molar-refractivity contribution in [3.63, 3.8) is 0 Å². The van der Waals surface area contributed by atoms with Crippen LogP contribution in [0.2, 0.25) is 0 Å². The molecule has 2 heterocycles. The first-order chi connectivity index (χ1) is 13.7. The van der Waals surface area contributed by atoms with Crippen molar-refractivity contribution in [2.75, 3.05) is 13.1 Å². The van der Waals surface area contributed by atoms with Gasteiger partial charge in [0.05, 0.1) is 5.52 Å². The Morgan fingerprint density at radius 3 is 2.41 bits per heavy atom. The number of nitrogens with one attached hydrogen (secondary N) is 1. The van der Waals surface area contributed by atoms with E-state index in [1.165, 1.54) is 0 Å². The lowest BCUT2D eigenvalue weighted by molar-refractivity contribution is -0.132. The number of carbonyl (C=O) groups is 3. The summed E-state index contributed by atoms with van der Waals surface area (Å²) in [5.41, 5.74) is 5.83. The van der Waals surface area contributed by atoms with Gasteiger partial charge in [-0.05, 0) is 30.7 Å². The summed E-state index contributed by atoms with van der Waals surface area (Å²) in [6, 6.07) is 6.43. The molecule has 2 aromatic rings. The fourth-order valence-electron chi connectivity index (χ4n) is 3.70. The maximum Gasteiger partial charge on any atom is 0.273 e. The lowest BCUT2D eigenvalue weighted by atomic mass is 9.86. The Bertz CT molecular complexity index is 922. The summed E-state index contributed by atoms with van der Waals surface area (Å²) in [4.78, 5) is 39.3. The van der Waals surface area contributed by atoms with Crippen LogP contribution in [0.4, 0.5) is 0 Å². The van der Waals surface area contributed by atoms with Gasteiger partial charge in [-0.1, -0.05) is 39.0 Å². The number of hydrogen-bond acceptors (Lipinski definition) is 4. The third kappa shape index (κ3) is 4.58. The van der Waals surface area contributed by atoms with Crippen LogP contribution in [0.5, 0.6) is 0 Å². The molecule has 1 atom stereocenters. The van der Waals surface area contributed by atoms with Crippen molar-refractivity contribution < 1.29 is 14.4 Å². The predicted octanol–water partition coefficient (Wildman–Crippen LogP) is 1.68. The zero-order chi connectivity index (χ0) is 21.2. The number of benzene rings is 1. The van der Waals surface area contributed by atoms with Gasteiger partial charge < -0.3 is 16.0 Å². The SMILES string of the molecule is CC(C)(C)C(NC(=O)c1nn(CC(=O)N2CCCCC2)c2ccccc12)C(N)=O. The maximum atomic E-state index is 12.9. The van der Waals surface area contributed by atoms with E-state index in [2.05, 4.69) is 10.4 Å². The fourth-order valence-corrected chi connectivity index (χ4v) is 3.70. The molecule has 0 aliphatic carbocycles. The quantitative estimate of drug-likeness (QED) is 0.797. The van der Waals surface area contributed by atoms with Gasteiger partial charge in [0.1, 0.15) is 12.6 Å². The van der Waals surface area contributed by atoms with Gasteiger partial charge in [0.15, 0.2) is 5.69 Å². The Morgan fingerprint density at radius 2 is 1.79 bits per heavy atom. The average Bonchev–Trinajstić information content (AvgIpc) is 3.04. The zero-order valence-corrected chi connectivity index (χ0v) is 17.3. The summed E-state index contributed by atoms with van der Waals surface area (Å²) >= 11 is 0. The van der Waals surface area contributed by atoms with Gasteiger partial charge in [0, 0.05) is 18.5 Å². The zero-order valence-electron chi connectivity index (χ0n) is 17.3. The normalized spacial score (nSPS) is 15.9. The van der Waals surface area contributed by atoms with Crippen LogP contribution in [-0.4, -0.2) is 51.5 Å². The Labute approximate surface area is 170 Å². The van der Waals surface area contributed by atoms with E-state index in [4.69, 9.17) is 5.73 Å². The smallest absolute Gasteiger partial charge is 0.273 e. The van der Waals surface area contributed by atoms with E-state index in [1.807, 2.05) is 43.9 Å². The molecule has 3 amide bonds. The summed E-state index contributed by atoms with van der Waals surface area (Å²) in [5, 5.41) is 7.77. The highest BCUT2D eigenvalue weighted by atomic mass is 16.2. The van der Waals surface area contributed by atoms with E-state index < -0.39 is 23.3 Å². The number of hydrogen-bond donors (Lipinski definition) is 2. The summed E-state index contributed by atoms with van der Waals surface area (Å²) in [7, 11) is 0. The van der Waals surface area contributed by atoms with Gasteiger partial charge in [-0.3, -0.25) is 19.1 Å². The van der Waals surface area contributed by atoms with Crippen LogP contribution in [0.15, 0.2) is 24.3 Å². The number of piperidine rings is 1. The van der Waals surface area contributed by atoms with Gasteiger partial charge in [-0.15, -0.1) is 0 Å². The topological polar surface area (TPSA) is 110 Å². The first kappa shape index (κ1) is 20.8. The molecule has 0 spiro atoms. The highest BCUT2D eigenvalue weighted by Crippen LogP contribution is 2.22. The molecule has 1 unspecified atom stereocenters. The molecule has 1 fully saturated rings. The Morgan fingerprint density at radius 1 is 1.14 bits per heavy atom. The molecule has 3 N–H and O–H groups in total. The highest BCUT2D eigenvalue weighted by molar-refractivity contribution is 6.06. The number of para-hydroxylation sites is 1. The van der Waals surface area contributed by atoms with E-state index in [1.54, 1.807) is 10.7 Å². The van der Waals surface area contributed by atoms with Gasteiger partial charge in [-0.2, -0.15) is 5.10 Å². The van der Waals surface area contributed by atoms with Gasteiger partial charge in [-0.25, -0.2) is 0 Å². The molecule has 1 aromatic heterocycles. The standard InChI is InChI=1S/C21H29N5O3/c1-21(2,3)18(19(22)28)23-20(29)17-14-9-5-6-10-15(14)26(24-17)13-16(27)25-11-7-4-8-12-25/h5-6,9-10,18H,4,7-8,11-13H2,1-3H3,(H2,22,28)(H,23,29). The number of primary amides is 1.